The van der Waals surface area contributed by atoms with Gasteiger partial charge in [-0.1, -0.05) is 18.2 Å². The number of hydrogen-bond donors (Lipinski definition) is 1. The first-order valence-electron chi connectivity index (χ1n) is 5.52. The van der Waals surface area contributed by atoms with Crippen LogP contribution < -0.4 is 10.4 Å². The molecule has 1 atom stereocenters. The van der Waals surface area contributed by atoms with E-state index >= 15 is 0 Å². The normalized spacial score (nSPS) is 19.0. The highest BCUT2D eigenvalue weighted by atomic mass is 16.5. The lowest BCUT2D eigenvalue weighted by molar-refractivity contribution is -0.144. The summed E-state index contributed by atoms with van der Waals surface area (Å²) in [7, 11) is 0. The summed E-state index contributed by atoms with van der Waals surface area (Å²) in [5.41, 5.74) is 3.43. The fourth-order valence-corrected chi connectivity index (χ4v) is 1.79. The van der Waals surface area contributed by atoms with Gasteiger partial charge in [-0.2, -0.15) is 0 Å². The predicted molar refractivity (Wildman–Crippen MR) is 62.1 cm³/mol. The van der Waals surface area contributed by atoms with Crippen molar-refractivity contribution in [2.75, 3.05) is 11.6 Å². The van der Waals surface area contributed by atoms with Crippen LogP contribution in [0.2, 0.25) is 0 Å². The third kappa shape index (κ3) is 2.38. The molecule has 1 aromatic carbocycles. The van der Waals surface area contributed by atoms with Gasteiger partial charge in [0.1, 0.15) is 0 Å². The Morgan fingerprint density at radius 1 is 1.47 bits per heavy atom. The molecular formula is C12H14N2O3. The molecule has 1 aromatic rings. The number of ether oxygens (including phenoxy) is 1. The Bertz CT molecular complexity index is 419. The molecule has 0 spiro atoms. The van der Waals surface area contributed by atoms with Crippen LogP contribution in [0.25, 0.3) is 0 Å². The van der Waals surface area contributed by atoms with Crippen LogP contribution in [-0.4, -0.2) is 24.5 Å². The monoisotopic (exact) mass is 234 g/mol. The van der Waals surface area contributed by atoms with E-state index in [0.29, 0.717) is 6.61 Å². The van der Waals surface area contributed by atoms with E-state index in [1.807, 2.05) is 30.3 Å². The number of carbonyl (C=O) groups excluding carboxylic acids is 2. The quantitative estimate of drug-likeness (QED) is 0.788. The lowest BCUT2D eigenvalue weighted by Crippen LogP contribution is -2.43. The minimum Gasteiger partial charge on any atom is -0.464 e. The van der Waals surface area contributed by atoms with E-state index in [2.05, 4.69) is 5.43 Å². The second-order valence-corrected chi connectivity index (χ2v) is 3.71. The third-order valence-corrected chi connectivity index (χ3v) is 2.53. The largest absolute Gasteiger partial charge is 0.464 e. The van der Waals surface area contributed by atoms with Gasteiger partial charge in [-0.05, 0) is 19.1 Å². The molecule has 1 N–H and O–H groups in total. The first-order valence-corrected chi connectivity index (χ1v) is 5.52. The van der Waals surface area contributed by atoms with Crippen LogP contribution in [0.1, 0.15) is 13.3 Å². The number of nitrogens with one attached hydrogen (secondary N) is 1. The average molecular weight is 234 g/mol. The van der Waals surface area contributed by atoms with Crippen molar-refractivity contribution in [1.82, 2.24) is 5.43 Å². The Labute approximate surface area is 99.3 Å². The van der Waals surface area contributed by atoms with Gasteiger partial charge in [-0.3, -0.25) is 15.2 Å². The molecule has 2 rings (SSSR count). The Morgan fingerprint density at radius 2 is 2.18 bits per heavy atom. The van der Waals surface area contributed by atoms with Crippen molar-refractivity contribution in [3.8, 4) is 0 Å². The highest BCUT2D eigenvalue weighted by Gasteiger charge is 2.36. The molecule has 0 saturated carbocycles. The van der Waals surface area contributed by atoms with Gasteiger partial charge in [0.05, 0.1) is 18.7 Å². The van der Waals surface area contributed by atoms with E-state index in [9.17, 15) is 9.59 Å². The molecule has 0 bridgehead atoms. The Balaban J connectivity index is 2.20. The van der Waals surface area contributed by atoms with Gasteiger partial charge in [0.25, 0.3) is 0 Å². The van der Waals surface area contributed by atoms with Crippen LogP contribution in [-0.2, 0) is 14.3 Å². The van der Waals surface area contributed by atoms with Crippen molar-refractivity contribution in [3.63, 3.8) is 0 Å². The Hall–Kier alpha value is -2.04. The van der Waals surface area contributed by atoms with E-state index in [0.717, 1.165) is 5.69 Å². The van der Waals surface area contributed by atoms with Crippen LogP contribution >= 0.6 is 0 Å². The molecule has 1 aliphatic heterocycles. The number of para-hydroxylation sites is 1. The van der Waals surface area contributed by atoms with Gasteiger partial charge in [0, 0.05) is 0 Å². The molecule has 0 radical (unpaired) electrons. The van der Waals surface area contributed by atoms with Crippen LogP contribution in [0, 0.1) is 0 Å². The lowest BCUT2D eigenvalue weighted by Gasteiger charge is -2.23. The summed E-state index contributed by atoms with van der Waals surface area (Å²) in [4.78, 5) is 23.1. The molecule has 90 valence electrons. The molecule has 0 unspecified atom stereocenters. The van der Waals surface area contributed by atoms with Crippen molar-refractivity contribution in [3.05, 3.63) is 30.3 Å². The average Bonchev–Trinajstić information content (AvgIpc) is 2.73. The number of esters is 1. The molecule has 0 aliphatic carbocycles. The van der Waals surface area contributed by atoms with E-state index < -0.39 is 6.04 Å². The summed E-state index contributed by atoms with van der Waals surface area (Å²) < 4.78 is 4.95. The highest BCUT2D eigenvalue weighted by Crippen LogP contribution is 2.21. The number of benzene rings is 1. The number of carbonyl (C=O) groups is 2. The first-order chi connectivity index (χ1) is 8.22. The zero-order valence-electron chi connectivity index (χ0n) is 9.55. The molecule has 5 heteroatoms. The van der Waals surface area contributed by atoms with Gasteiger partial charge < -0.3 is 4.74 Å². The van der Waals surface area contributed by atoms with Crippen LogP contribution in [0.4, 0.5) is 5.69 Å². The van der Waals surface area contributed by atoms with Crippen LogP contribution in [0.3, 0.4) is 0 Å². The van der Waals surface area contributed by atoms with Crippen molar-refractivity contribution in [1.29, 1.82) is 0 Å². The van der Waals surface area contributed by atoms with Gasteiger partial charge in [-0.25, -0.2) is 4.79 Å². The molecule has 1 aliphatic rings. The van der Waals surface area contributed by atoms with Crippen molar-refractivity contribution in [2.45, 2.75) is 19.4 Å². The number of amides is 1. The molecular weight excluding hydrogens is 220 g/mol. The smallest absolute Gasteiger partial charge is 0.331 e. The summed E-state index contributed by atoms with van der Waals surface area (Å²) in [5.74, 6) is -0.554. The zero-order chi connectivity index (χ0) is 12.3. The van der Waals surface area contributed by atoms with E-state index in [1.165, 1.54) is 0 Å². The van der Waals surface area contributed by atoms with Gasteiger partial charge in [0.15, 0.2) is 6.04 Å². The SMILES string of the molecule is CCOC(=O)[C@@H]1CC(=O)NN1c1ccccc1. The minimum atomic E-state index is -0.579. The second kappa shape index (κ2) is 4.86. The summed E-state index contributed by atoms with van der Waals surface area (Å²) in [6.45, 7) is 2.06. The van der Waals surface area contributed by atoms with Crippen molar-refractivity contribution >= 4 is 17.6 Å². The van der Waals surface area contributed by atoms with E-state index in [4.69, 9.17) is 4.74 Å². The number of hydrogen-bond acceptors (Lipinski definition) is 4. The fraction of sp³-hybridized carbons (Fsp3) is 0.333. The molecule has 17 heavy (non-hydrogen) atoms. The maximum Gasteiger partial charge on any atom is 0.331 e. The third-order valence-electron chi connectivity index (χ3n) is 2.53. The molecule has 1 fully saturated rings. The van der Waals surface area contributed by atoms with E-state index in [-0.39, 0.29) is 18.3 Å². The van der Waals surface area contributed by atoms with E-state index in [1.54, 1.807) is 11.9 Å². The fourth-order valence-electron chi connectivity index (χ4n) is 1.79. The van der Waals surface area contributed by atoms with Crippen molar-refractivity contribution in [2.24, 2.45) is 0 Å². The highest BCUT2D eigenvalue weighted by molar-refractivity contribution is 5.93. The standard InChI is InChI=1S/C12H14N2O3/c1-2-17-12(16)10-8-11(15)13-14(10)9-6-4-3-5-7-9/h3-7,10H,2,8H2,1H3,(H,13,15)/t10-/m0/s1. The predicted octanol–water partition coefficient (Wildman–Crippen LogP) is 0.860. The Morgan fingerprint density at radius 3 is 2.82 bits per heavy atom. The number of anilines is 1. The lowest BCUT2D eigenvalue weighted by atomic mass is 10.2. The summed E-state index contributed by atoms with van der Waals surface area (Å²) >= 11 is 0. The maximum atomic E-state index is 11.7. The molecule has 1 saturated heterocycles. The minimum absolute atomic E-state index is 0.133. The van der Waals surface area contributed by atoms with Crippen molar-refractivity contribution < 1.29 is 14.3 Å². The van der Waals surface area contributed by atoms with Gasteiger partial charge >= 0.3 is 5.97 Å². The number of hydrazine groups is 1. The topological polar surface area (TPSA) is 58.6 Å². The zero-order valence-corrected chi connectivity index (χ0v) is 9.55. The summed E-state index contributed by atoms with van der Waals surface area (Å²) in [6.07, 6.45) is 0.133. The Kier molecular flexibility index (Phi) is 3.27. The van der Waals surface area contributed by atoms with Gasteiger partial charge in [0.2, 0.25) is 5.91 Å². The molecule has 5 nitrogen and oxygen atoms in total. The van der Waals surface area contributed by atoms with Crippen LogP contribution in [0.5, 0.6) is 0 Å². The van der Waals surface area contributed by atoms with Gasteiger partial charge in [-0.15, -0.1) is 0 Å². The summed E-state index contributed by atoms with van der Waals surface area (Å²) in [5, 5.41) is 1.56. The van der Waals surface area contributed by atoms with Crippen LogP contribution in [0.15, 0.2) is 30.3 Å². The molecule has 1 heterocycles. The summed E-state index contributed by atoms with van der Waals surface area (Å²) in [6, 6.07) is 8.66. The molecule has 1 amide bonds. The first kappa shape index (κ1) is 11.4. The number of nitrogens with zero attached hydrogens (tertiary/aromatic N) is 1. The number of rotatable bonds is 3. The second-order valence-electron chi connectivity index (χ2n) is 3.71. The molecule has 0 aromatic heterocycles. The maximum absolute atomic E-state index is 11.7.